The standard InChI is InChI=1S/C27H21Cl3N2O4/c1-36-26(35)23-21-22(25(34)32(24(21)33)14-15-2-8-18(28)9-3-15)27(31-23,16-4-10-19(29)11-5-16)17-6-12-20(30)13-7-17/h2-13,21-23,31H,14H2,1H3/t21-,22-,23-/m1/s1. The molecule has 0 aliphatic carbocycles. The highest BCUT2D eigenvalue weighted by Crippen LogP contribution is 2.52. The summed E-state index contributed by atoms with van der Waals surface area (Å²) < 4.78 is 5.06. The second-order valence-corrected chi connectivity index (χ2v) is 10.2. The van der Waals surface area contributed by atoms with Gasteiger partial charge in [-0.1, -0.05) is 71.2 Å². The van der Waals surface area contributed by atoms with Crippen LogP contribution in [0.25, 0.3) is 0 Å². The van der Waals surface area contributed by atoms with Crippen molar-refractivity contribution in [2.45, 2.75) is 18.1 Å². The van der Waals surface area contributed by atoms with Gasteiger partial charge in [0.25, 0.3) is 0 Å². The summed E-state index contributed by atoms with van der Waals surface area (Å²) in [7, 11) is 1.26. The third-order valence-electron chi connectivity index (χ3n) is 6.96. The van der Waals surface area contributed by atoms with Crippen LogP contribution in [0.5, 0.6) is 0 Å². The zero-order valence-electron chi connectivity index (χ0n) is 19.1. The fraction of sp³-hybridized carbons (Fsp3) is 0.222. The Balaban J connectivity index is 1.68. The first-order chi connectivity index (χ1) is 17.3. The number of hydrogen-bond acceptors (Lipinski definition) is 5. The van der Waals surface area contributed by atoms with Crippen LogP contribution in [0.1, 0.15) is 16.7 Å². The van der Waals surface area contributed by atoms with Crippen LogP contribution >= 0.6 is 34.8 Å². The van der Waals surface area contributed by atoms with Crippen molar-refractivity contribution < 1.29 is 19.1 Å². The molecule has 2 amide bonds. The highest BCUT2D eigenvalue weighted by Gasteiger charge is 2.68. The third-order valence-corrected chi connectivity index (χ3v) is 7.72. The van der Waals surface area contributed by atoms with Gasteiger partial charge in [0, 0.05) is 15.1 Å². The first-order valence-electron chi connectivity index (χ1n) is 11.2. The van der Waals surface area contributed by atoms with Gasteiger partial charge in [-0.2, -0.15) is 0 Å². The minimum Gasteiger partial charge on any atom is -0.468 e. The Morgan fingerprint density at radius 1 is 0.833 bits per heavy atom. The first kappa shape index (κ1) is 24.8. The van der Waals surface area contributed by atoms with Crippen LogP contribution in [-0.2, 0) is 31.2 Å². The lowest BCUT2D eigenvalue weighted by Gasteiger charge is -2.36. The summed E-state index contributed by atoms with van der Waals surface area (Å²) in [5.74, 6) is -3.33. The van der Waals surface area contributed by atoms with Crippen molar-refractivity contribution in [2.24, 2.45) is 11.8 Å². The van der Waals surface area contributed by atoms with Crippen molar-refractivity contribution in [3.05, 3.63) is 105 Å². The predicted molar refractivity (Wildman–Crippen MR) is 137 cm³/mol. The van der Waals surface area contributed by atoms with E-state index in [1.54, 1.807) is 72.8 Å². The molecular formula is C27H21Cl3N2O4. The molecule has 0 aromatic heterocycles. The number of rotatable bonds is 5. The van der Waals surface area contributed by atoms with Crippen molar-refractivity contribution >= 4 is 52.6 Å². The van der Waals surface area contributed by atoms with Gasteiger partial charge in [-0.15, -0.1) is 0 Å². The minimum atomic E-state index is -1.21. The lowest BCUT2D eigenvalue weighted by molar-refractivity contribution is -0.148. The lowest BCUT2D eigenvalue weighted by Crippen LogP contribution is -2.51. The third kappa shape index (κ3) is 3.98. The van der Waals surface area contributed by atoms with Crippen LogP contribution in [0.2, 0.25) is 15.1 Å². The number of fused-ring (bicyclic) bond motifs is 1. The molecule has 2 saturated heterocycles. The number of esters is 1. The number of ether oxygens (including phenoxy) is 1. The Morgan fingerprint density at radius 3 is 1.78 bits per heavy atom. The lowest BCUT2D eigenvalue weighted by atomic mass is 9.72. The van der Waals surface area contributed by atoms with Crippen LogP contribution in [0.15, 0.2) is 72.8 Å². The van der Waals surface area contributed by atoms with E-state index in [0.717, 1.165) is 5.56 Å². The number of amides is 2. The molecule has 36 heavy (non-hydrogen) atoms. The van der Waals surface area contributed by atoms with Gasteiger partial charge in [0.1, 0.15) is 6.04 Å². The van der Waals surface area contributed by atoms with E-state index in [0.29, 0.717) is 26.2 Å². The summed E-state index contributed by atoms with van der Waals surface area (Å²) in [5.41, 5.74) is 0.905. The van der Waals surface area contributed by atoms with Gasteiger partial charge in [-0.25, -0.2) is 0 Å². The summed E-state index contributed by atoms with van der Waals surface area (Å²) in [5, 5.41) is 4.92. The molecule has 3 atom stereocenters. The predicted octanol–water partition coefficient (Wildman–Crippen LogP) is 4.84. The number of imide groups is 1. The molecule has 0 unspecified atom stereocenters. The normalized spacial score (nSPS) is 22.6. The van der Waals surface area contributed by atoms with Crippen molar-refractivity contribution in [1.82, 2.24) is 10.2 Å². The van der Waals surface area contributed by atoms with Gasteiger partial charge >= 0.3 is 5.97 Å². The number of carbonyl (C=O) groups is 3. The van der Waals surface area contributed by atoms with Crippen molar-refractivity contribution in [1.29, 1.82) is 0 Å². The van der Waals surface area contributed by atoms with E-state index >= 15 is 0 Å². The maximum absolute atomic E-state index is 14.1. The van der Waals surface area contributed by atoms with Gasteiger partial charge in [0.05, 0.1) is 31.0 Å². The molecular weight excluding hydrogens is 523 g/mol. The van der Waals surface area contributed by atoms with E-state index in [1.165, 1.54) is 12.0 Å². The van der Waals surface area contributed by atoms with Crippen LogP contribution in [0, 0.1) is 11.8 Å². The molecule has 0 bridgehead atoms. The molecule has 0 spiro atoms. The Bertz CT molecular complexity index is 1280. The van der Waals surface area contributed by atoms with E-state index in [1.807, 2.05) is 0 Å². The zero-order valence-corrected chi connectivity index (χ0v) is 21.3. The molecule has 2 aliphatic rings. The fourth-order valence-corrected chi connectivity index (χ4v) is 5.72. The summed E-state index contributed by atoms with van der Waals surface area (Å²) in [6.07, 6.45) is 0. The highest BCUT2D eigenvalue weighted by molar-refractivity contribution is 6.31. The van der Waals surface area contributed by atoms with E-state index in [9.17, 15) is 14.4 Å². The summed E-state index contributed by atoms with van der Waals surface area (Å²) >= 11 is 18.3. The summed E-state index contributed by atoms with van der Waals surface area (Å²) in [4.78, 5) is 42.0. The Kier molecular flexibility index (Phi) is 6.55. The Labute approximate surface area is 223 Å². The van der Waals surface area contributed by atoms with Crippen LogP contribution in [-0.4, -0.2) is 35.8 Å². The Hall–Kier alpha value is -2.90. The molecule has 6 nitrogen and oxygen atoms in total. The molecule has 184 valence electrons. The first-order valence-corrected chi connectivity index (χ1v) is 12.4. The number of methoxy groups -OCH3 is 1. The number of carbonyl (C=O) groups excluding carboxylic acids is 3. The topological polar surface area (TPSA) is 75.7 Å². The maximum Gasteiger partial charge on any atom is 0.323 e. The van der Waals surface area contributed by atoms with E-state index in [-0.39, 0.29) is 12.5 Å². The largest absolute Gasteiger partial charge is 0.468 e. The van der Waals surface area contributed by atoms with Gasteiger partial charge in [0.2, 0.25) is 11.8 Å². The van der Waals surface area contributed by atoms with Crippen molar-refractivity contribution in [2.75, 3.05) is 7.11 Å². The average molecular weight is 544 g/mol. The average Bonchev–Trinajstić information content (AvgIpc) is 3.36. The van der Waals surface area contributed by atoms with E-state index < -0.39 is 35.3 Å². The SMILES string of the molecule is COC(=O)[C@@H]1NC(c2ccc(Cl)cc2)(c2ccc(Cl)cc2)[C@H]2C(=O)N(Cc3ccc(Cl)cc3)C(=O)[C@@H]12. The quantitative estimate of drug-likeness (QED) is 0.368. The maximum atomic E-state index is 14.1. The van der Waals surface area contributed by atoms with Crippen molar-refractivity contribution in [3.8, 4) is 0 Å². The van der Waals surface area contributed by atoms with E-state index in [2.05, 4.69) is 5.32 Å². The number of benzene rings is 3. The zero-order chi connectivity index (χ0) is 25.6. The minimum absolute atomic E-state index is 0.0625. The second kappa shape index (κ2) is 9.52. The van der Waals surface area contributed by atoms with Crippen LogP contribution < -0.4 is 5.32 Å². The molecule has 3 aromatic rings. The number of nitrogens with zero attached hydrogens (tertiary/aromatic N) is 1. The van der Waals surface area contributed by atoms with Crippen LogP contribution in [0.4, 0.5) is 0 Å². The number of likely N-dealkylation sites (tertiary alicyclic amines) is 1. The molecule has 2 aliphatic heterocycles. The van der Waals surface area contributed by atoms with Gasteiger partial charge in [-0.05, 0) is 53.1 Å². The molecule has 3 aromatic carbocycles. The molecule has 5 rings (SSSR count). The second-order valence-electron chi connectivity index (χ2n) is 8.86. The van der Waals surface area contributed by atoms with Gasteiger partial charge in [0.15, 0.2) is 0 Å². The molecule has 0 saturated carbocycles. The fourth-order valence-electron chi connectivity index (χ4n) is 5.35. The molecule has 2 fully saturated rings. The number of hydrogen-bond donors (Lipinski definition) is 1. The molecule has 2 heterocycles. The smallest absolute Gasteiger partial charge is 0.323 e. The van der Waals surface area contributed by atoms with Gasteiger partial charge < -0.3 is 4.74 Å². The molecule has 0 radical (unpaired) electrons. The molecule has 1 N–H and O–H groups in total. The van der Waals surface area contributed by atoms with E-state index in [4.69, 9.17) is 39.5 Å². The number of nitrogens with one attached hydrogen (secondary N) is 1. The van der Waals surface area contributed by atoms with Gasteiger partial charge in [-0.3, -0.25) is 24.6 Å². The monoisotopic (exact) mass is 542 g/mol. The Morgan fingerprint density at radius 2 is 1.31 bits per heavy atom. The van der Waals surface area contributed by atoms with Crippen LogP contribution in [0.3, 0.4) is 0 Å². The number of halogens is 3. The molecule has 9 heteroatoms. The van der Waals surface area contributed by atoms with Crippen molar-refractivity contribution in [3.63, 3.8) is 0 Å². The highest BCUT2D eigenvalue weighted by atomic mass is 35.5. The summed E-state index contributed by atoms with van der Waals surface area (Å²) in [6.45, 7) is 0.0625. The summed E-state index contributed by atoms with van der Waals surface area (Å²) in [6, 6.07) is 19.9.